The van der Waals surface area contributed by atoms with Crippen LogP contribution in [0.3, 0.4) is 0 Å². The number of carbonyl (C=O) groups is 1. The van der Waals surface area contributed by atoms with Gasteiger partial charge in [-0.1, -0.05) is 35.9 Å². The largest absolute Gasteiger partial charge is 0.461 e. The van der Waals surface area contributed by atoms with E-state index >= 15 is 0 Å². The molecule has 10 heteroatoms. The second kappa shape index (κ2) is 8.23. The maximum absolute atomic E-state index is 13.3. The first-order valence-corrected chi connectivity index (χ1v) is 10.3. The molecule has 5 atom stereocenters. The van der Waals surface area contributed by atoms with E-state index in [1.165, 1.54) is 0 Å². The summed E-state index contributed by atoms with van der Waals surface area (Å²) in [6, 6.07) is 0. The van der Waals surface area contributed by atoms with Crippen LogP contribution in [0.4, 0.5) is 26.3 Å². The van der Waals surface area contributed by atoms with Crippen molar-refractivity contribution < 1.29 is 41.0 Å². The van der Waals surface area contributed by atoms with Gasteiger partial charge in [0.25, 0.3) is 5.60 Å². The summed E-state index contributed by atoms with van der Waals surface area (Å²) in [6.07, 6.45) is -10.7. The van der Waals surface area contributed by atoms with Gasteiger partial charge in [0, 0.05) is 5.92 Å². The van der Waals surface area contributed by atoms with Crippen molar-refractivity contribution in [1.29, 1.82) is 0 Å². The Bertz CT molecular complexity index is 522. The van der Waals surface area contributed by atoms with Gasteiger partial charge in [-0.05, 0) is 50.4 Å². The lowest BCUT2D eigenvalue weighted by atomic mass is 9.59. The van der Waals surface area contributed by atoms with E-state index in [-0.39, 0.29) is 19.3 Å². The van der Waals surface area contributed by atoms with E-state index in [1.54, 1.807) is 6.92 Å². The number of halogens is 7. The van der Waals surface area contributed by atoms with Gasteiger partial charge in [-0.3, -0.25) is 4.79 Å². The molecule has 0 spiro atoms. The first-order valence-electron chi connectivity index (χ1n) is 9.05. The third-order valence-electron chi connectivity index (χ3n) is 5.91. The number of hydrogen-bond acceptors (Lipinski definition) is 3. The number of esters is 1. The number of rotatable bonds is 4. The molecular weight excluding hydrogens is 493 g/mol. The Balaban J connectivity index is 2.30. The predicted molar refractivity (Wildman–Crippen MR) is 93.2 cm³/mol. The molecule has 0 aliphatic heterocycles. The summed E-state index contributed by atoms with van der Waals surface area (Å²) < 4.78 is 85.1. The van der Waals surface area contributed by atoms with Crippen LogP contribution in [0.2, 0.25) is 0 Å². The Morgan fingerprint density at radius 1 is 1.04 bits per heavy atom. The smallest absolute Gasteiger partial charge is 0.426 e. The summed E-state index contributed by atoms with van der Waals surface area (Å²) >= 11 is 1.90. The van der Waals surface area contributed by atoms with Gasteiger partial charge in [-0.2, -0.15) is 26.3 Å². The zero-order valence-electron chi connectivity index (χ0n) is 14.7. The zero-order chi connectivity index (χ0) is 20.6. The van der Waals surface area contributed by atoms with Gasteiger partial charge < -0.3 is 9.84 Å². The maximum atomic E-state index is 13.3. The molecule has 2 fully saturated rings. The molecule has 1 N–H and O–H groups in total. The second-order valence-electron chi connectivity index (χ2n) is 7.41. The lowest BCUT2D eigenvalue weighted by molar-refractivity contribution is -0.394. The van der Waals surface area contributed by atoms with Gasteiger partial charge in [0.2, 0.25) is 0 Å². The molecule has 0 aromatic heterocycles. The Hall–Kier alpha value is -0.260. The molecule has 27 heavy (non-hydrogen) atoms. The molecule has 0 heterocycles. The molecule has 5 unspecified atom stereocenters. The normalized spacial score (nSPS) is 31.1. The van der Waals surface area contributed by atoms with E-state index in [0.717, 1.165) is 0 Å². The van der Waals surface area contributed by atoms with Crippen LogP contribution in [0.1, 0.15) is 51.9 Å². The fraction of sp³-hybridized carbons (Fsp3) is 0.941. The van der Waals surface area contributed by atoms with Crippen LogP contribution in [0.25, 0.3) is 0 Å². The average molecular weight is 516 g/mol. The number of aliphatic hydroxyl groups is 1. The molecule has 0 amide bonds. The molecule has 2 rings (SSSR count). The highest BCUT2D eigenvalue weighted by Crippen LogP contribution is 2.57. The predicted octanol–water partition coefficient (Wildman–Crippen LogP) is 5.18. The van der Waals surface area contributed by atoms with Crippen molar-refractivity contribution in [3.05, 3.63) is 0 Å². The van der Waals surface area contributed by atoms with Gasteiger partial charge in [0.15, 0.2) is 0 Å². The van der Waals surface area contributed by atoms with Crippen LogP contribution >= 0.6 is 22.6 Å². The summed E-state index contributed by atoms with van der Waals surface area (Å²) in [6.45, 7) is 1.78. The molecule has 2 aliphatic carbocycles. The van der Waals surface area contributed by atoms with Crippen molar-refractivity contribution in [3.63, 3.8) is 0 Å². The minimum atomic E-state index is -5.82. The lowest BCUT2D eigenvalue weighted by Crippen LogP contribution is -2.65. The van der Waals surface area contributed by atoms with Crippen molar-refractivity contribution in [2.45, 2.75) is 79.9 Å². The quantitative estimate of drug-likeness (QED) is 0.243. The van der Waals surface area contributed by atoms with Crippen LogP contribution in [-0.2, 0) is 9.53 Å². The van der Waals surface area contributed by atoms with Gasteiger partial charge in [-0.25, -0.2) is 0 Å². The Morgan fingerprint density at radius 3 is 2.07 bits per heavy atom. The molecule has 0 saturated heterocycles. The Morgan fingerprint density at radius 2 is 1.56 bits per heavy atom. The number of carbonyl (C=O) groups excluding carboxylic acids is 1. The summed E-state index contributed by atoms with van der Waals surface area (Å²) in [4.78, 5) is 12.1. The molecule has 0 aromatic rings. The van der Waals surface area contributed by atoms with Gasteiger partial charge in [-0.15, -0.1) is 0 Å². The van der Waals surface area contributed by atoms with Crippen molar-refractivity contribution in [2.24, 2.45) is 17.8 Å². The van der Waals surface area contributed by atoms with Crippen LogP contribution in [-0.4, -0.2) is 39.1 Å². The Labute approximate surface area is 167 Å². The minimum Gasteiger partial charge on any atom is -0.461 e. The highest BCUT2D eigenvalue weighted by molar-refractivity contribution is 14.1. The summed E-state index contributed by atoms with van der Waals surface area (Å²) in [5, 5.41) is 9.88. The van der Waals surface area contributed by atoms with Crippen molar-refractivity contribution >= 4 is 28.6 Å². The fourth-order valence-corrected chi connectivity index (χ4v) is 4.73. The standard InChI is InChI=1S/C17H23F6IO3/c1-2-12(24)14(25)27-13-8-4-5-9-10(13)6-3-7-11(9)15(26,16(18,19)20)17(21,22)23/h9-13,26H,2-8H2,1H3. The molecule has 2 saturated carbocycles. The number of alkyl halides is 7. The summed E-state index contributed by atoms with van der Waals surface area (Å²) in [5.41, 5.74) is -4.75. The van der Waals surface area contributed by atoms with Gasteiger partial charge in [0.1, 0.15) is 10.0 Å². The van der Waals surface area contributed by atoms with E-state index in [0.29, 0.717) is 25.7 Å². The molecule has 158 valence electrons. The van der Waals surface area contributed by atoms with Gasteiger partial charge in [0.05, 0.1) is 0 Å². The SMILES string of the molecule is CCC(I)C(=O)OC1CCCC2C1CCCC2C(O)(C(F)(F)F)C(F)(F)F. The molecule has 0 radical (unpaired) electrons. The van der Waals surface area contributed by atoms with Crippen LogP contribution in [0.15, 0.2) is 0 Å². The van der Waals surface area contributed by atoms with Crippen LogP contribution in [0, 0.1) is 17.8 Å². The summed E-state index contributed by atoms with van der Waals surface area (Å²) in [5.74, 6) is -4.07. The topological polar surface area (TPSA) is 46.5 Å². The first-order chi connectivity index (χ1) is 12.3. The van der Waals surface area contributed by atoms with Crippen molar-refractivity contribution in [3.8, 4) is 0 Å². The second-order valence-corrected chi connectivity index (χ2v) is 8.91. The monoisotopic (exact) mass is 516 g/mol. The maximum Gasteiger partial charge on any atom is 0.426 e. The lowest BCUT2D eigenvalue weighted by Gasteiger charge is -2.50. The highest BCUT2D eigenvalue weighted by atomic mass is 127. The number of fused-ring (bicyclic) bond motifs is 1. The highest BCUT2D eigenvalue weighted by Gasteiger charge is 2.75. The molecule has 0 bridgehead atoms. The van der Waals surface area contributed by atoms with E-state index in [9.17, 15) is 36.2 Å². The molecule has 3 nitrogen and oxygen atoms in total. The number of hydrogen-bond donors (Lipinski definition) is 1. The third kappa shape index (κ3) is 4.35. The zero-order valence-corrected chi connectivity index (χ0v) is 16.9. The fourth-order valence-electron chi connectivity index (χ4n) is 4.58. The average Bonchev–Trinajstić information content (AvgIpc) is 2.58. The van der Waals surface area contributed by atoms with Crippen LogP contribution < -0.4 is 0 Å². The van der Waals surface area contributed by atoms with E-state index in [4.69, 9.17) is 4.74 Å². The first kappa shape index (κ1) is 23.0. The summed E-state index contributed by atoms with van der Waals surface area (Å²) in [7, 11) is 0. The van der Waals surface area contributed by atoms with Crippen LogP contribution in [0.5, 0.6) is 0 Å². The molecule has 0 aromatic carbocycles. The third-order valence-corrected chi connectivity index (χ3v) is 7.29. The van der Waals surface area contributed by atoms with E-state index in [2.05, 4.69) is 0 Å². The van der Waals surface area contributed by atoms with E-state index in [1.807, 2.05) is 22.6 Å². The molecular formula is C17H23F6IO3. The van der Waals surface area contributed by atoms with Crippen molar-refractivity contribution in [1.82, 2.24) is 0 Å². The van der Waals surface area contributed by atoms with Gasteiger partial charge >= 0.3 is 18.3 Å². The number of ether oxygens (including phenoxy) is 1. The van der Waals surface area contributed by atoms with E-state index < -0.39 is 51.7 Å². The van der Waals surface area contributed by atoms with Crippen molar-refractivity contribution in [2.75, 3.05) is 0 Å². The Kier molecular flexibility index (Phi) is 7.02. The minimum absolute atomic E-state index is 0.121. The molecule has 2 aliphatic rings.